The van der Waals surface area contributed by atoms with Crippen LogP contribution in [-0.2, 0) is 0 Å². The summed E-state index contributed by atoms with van der Waals surface area (Å²) >= 11 is 0. The molecule has 2 rings (SSSR count). The van der Waals surface area contributed by atoms with Gasteiger partial charge >= 0.3 is 0 Å². The standard InChI is InChI=1S/C15H20F3N/c1-9(2)8-19(11-4-10(3)5-11)12-6-13(16)15(18)14(17)7-12/h6-7,9-11H,4-5,8H2,1-3H3/t10-,11-. The van der Waals surface area contributed by atoms with Crippen LogP contribution in [0.5, 0.6) is 0 Å². The van der Waals surface area contributed by atoms with Gasteiger partial charge in [-0.15, -0.1) is 0 Å². The lowest BCUT2D eigenvalue weighted by Gasteiger charge is -2.44. The molecule has 106 valence electrons. The van der Waals surface area contributed by atoms with Crippen LogP contribution in [0.2, 0.25) is 0 Å². The van der Waals surface area contributed by atoms with Crippen molar-refractivity contribution in [3.05, 3.63) is 29.6 Å². The van der Waals surface area contributed by atoms with Crippen LogP contribution in [-0.4, -0.2) is 12.6 Å². The molecular formula is C15H20F3N. The van der Waals surface area contributed by atoms with E-state index < -0.39 is 17.5 Å². The Balaban J connectivity index is 2.27. The maximum atomic E-state index is 13.4. The van der Waals surface area contributed by atoms with Gasteiger partial charge in [0.1, 0.15) is 0 Å². The van der Waals surface area contributed by atoms with Gasteiger partial charge < -0.3 is 4.90 Å². The average Bonchev–Trinajstić information content (AvgIpc) is 2.28. The first-order valence-corrected chi connectivity index (χ1v) is 6.79. The zero-order valence-corrected chi connectivity index (χ0v) is 11.6. The molecule has 0 unspecified atom stereocenters. The van der Waals surface area contributed by atoms with Crippen molar-refractivity contribution in [3.63, 3.8) is 0 Å². The quantitative estimate of drug-likeness (QED) is 0.735. The summed E-state index contributed by atoms with van der Waals surface area (Å²) in [5, 5.41) is 0. The van der Waals surface area contributed by atoms with Crippen molar-refractivity contribution < 1.29 is 13.2 Å². The molecule has 1 aliphatic rings. The Labute approximate surface area is 112 Å². The number of nitrogens with zero attached hydrogens (tertiary/aromatic N) is 1. The Morgan fingerprint density at radius 2 is 1.68 bits per heavy atom. The summed E-state index contributed by atoms with van der Waals surface area (Å²) in [4.78, 5) is 2.01. The number of anilines is 1. The molecule has 1 aromatic carbocycles. The normalized spacial score (nSPS) is 22.5. The fraction of sp³-hybridized carbons (Fsp3) is 0.600. The van der Waals surface area contributed by atoms with E-state index in [4.69, 9.17) is 0 Å². The van der Waals surface area contributed by atoms with Crippen molar-refractivity contribution in [2.45, 2.75) is 39.7 Å². The Morgan fingerprint density at radius 1 is 1.16 bits per heavy atom. The molecule has 0 spiro atoms. The highest BCUT2D eigenvalue weighted by atomic mass is 19.2. The van der Waals surface area contributed by atoms with Crippen LogP contribution in [0.1, 0.15) is 33.6 Å². The average molecular weight is 271 g/mol. The lowest BCUT2D eigenvalue weighted by Crippen LogP contribution is -2.45. The number of halogens is 3. The van der Waals surface area contributed by atoms with E-state index in [0.29, 0.717) is 23.6 Å². The molecule has 1 aliphatic carbocycles. The molecule has 1 fully saturated rings. The lowest BCUT2D eigenvalue weighted by molar-refractivity contribution is 0.267. The van der Waals surface area contributed by atoms with E-state index in [2.05, 4.69) is 20.8 Å². The molecule has 0 heterocycles. The molecule has 0 radical (unpaired) electrons. The molecule has 0 aromatic heterocycles. The molecule has 0 bridgehead atoms. The Bertz CT molecular complexity index is 430. The highest BCUT2D eigenvalue weighted by Gasteiger charge is 2.32. The summed E-state index contributed by atoms with van der Waals surface area (Å²) in [6.07, 6.45) is 2.04. The zero-order chi connectivity index (χ0) is 14.2. The first kappa shape index (κ1) is 14.2. The second kappa shape index (κ2) is 5.43. The predicted octanol–water partition coefficient (Wildman–Crippen LogP) is 4.36. The van der Waals surface area contributed by atoms with E-state index in [1.807, 2.05) is 4.90 Å². The van der Waals surface area contributed by atoms with Crippen LogP contribution in [0.25, 0.3) is 0 Å². The molecule has 0 aliphatic heterocycles. The van der Waals surface area contributed by atoms with E-state index in [1.165, 1.54) is 0 Å². The van der Waals surface area contributed by atoms with Gasteiger partial charge in [-0.2, -0.15) is 0 Å². The fourth-order valence-electron chi connectivity index (χ4n) is 2.68. The van der Waals surface area contributed by atoms with Gasteiger partial charge in [0.2, 0.25) is 0 Å². The van der Waals surface area contributed by atoms with Crippen LogP contribution in [0, 0.1) is 29.3 Å². The lowest BCUT2D eigenvalue weighted by atomic mass is 9.80. The monoisotopic (exact) mass is 271 g/mol. The third kappa shape index (κ3) is 3.04. The summed E-state index contributed by atoms with van der Waals surface area (Å²) in [6, 6.07) is 2.51. The molecule has 0 amide bonds. The largest absolute Gasteiger partial charge is 0.368 e. The van der Waals surface area contributed by atoms with E-state index in [-0.39, 0.29) is 0 Å². The second-order valence-corrected chi connectivity index (χ2v) is 6.00. The fourth-order valence-corrected chi connectivity index (χ4v) is 2.68. The van der Waals surface area contributed by atoms with Gasteiger partial charge in [-0.05, 0) is 24.7 Å². The minimum absolute atomic E-state index is 0.307. The molecule has 1 aromatic rings. The van der Waals surface area contributed by atoms with E-state index in [9.17, 15) is 13.2 Å². The number of hydrogen-bond acceptors (Lipinski definition) is 1. The molecule has 0 N–H and O–H groups in total. The topological polar surface area (TPSA) is 3.24 Å². The van der Waals surface area contributed by atoms with Gasteiger partial charge in [0.25, 0.3) is 0 Å². The van der Waals surface area contributed by atoms with Crippen LogP contribution in [0.4, 0.5) is 18.9 Å². The highest BCUT2D eigenvalue weighted by molar-refractivity contribution is 5.49. The molecule has 0 saturated heterocycles. The van der Waals surface area contributed by atoms with Gasteiger partial charge in [-0.1, -0.05) is 20.8 Å². The van der Waals surface area contributed by atoms with Gasteiger partial charge in [0.05, 0.1) is 0 Å². The molecular weight excluding hydrogens is 251 g/mol. The molecule has 1 saturated carbocycles. The van der Waals surface area contributed by atoms with Gasteiger partial charge in [0, 0.05) is 30.4 Å². The maximum Gasteiger partial charge on any atom is 0.194 e. The van der Waals surface area contributed by atoms with Crippen molar-refractivity contribution in [1.82, 2.24) is 0 Å². The maximum absolute atomic E-state index is 13.4. The minimum atomic E-state index is -1.39. The Kier molecular flexibility index (Phi) is 4.07. The first-order chi connectivity index (χ1) is 8.88. The number of rotatable bonds is 4. The third-order valence-electron chi connectivity index (χ3n) is 3.65. The van der Waals surface area contributed by atoms with E-state index in [1.54, 1.807) is 0 Å². The minimum Gasteiger partial charge on any atom is -0.368 e. The third-order valence-corrected chi connectivity index (χ3v) is 3.65. The van der Waals surface area contributed by atoms with Crippen molar-refractivity contribution in [2.24, 2.45) is 11.8 Å². The van der Waals surface area contributed by atoms with E-state index >= 15 is 0 Å². The SMILES string of the molecule is CC(C)CN(c1cc(F)c(F)c(F)c1)[C@H]1C[C@H](C)C1. The van der Waals surface area contributed by atoms with Crippen molar-refractivity contribution in [2.75, 3.05) is 11.4 Å². The summed E-state index contributed by atoms with van der Waals surface area (Å²) in [5.74, 6) is -2.59. The molecule has 1 nitrogen and oxygen atoms in total. The van der Waals surface area contributed by atoms with Crippen LogP contribution in [0.3, 0.4) is 0 Å². The predicted molar refractivity (Wildman–Crippen MR) is 70.7 cm³/mol. The smallest absolute Gasteiger partial charge is 0.194 e. The van der Waals surface area contributed by atoms with Crippen molar-refractivity contribution >= 4 is 5.69 Å². The second-order valence-electron chi connectivity index (χ2n) is 6.00. The van der Waals surface area contributed by atoms with Crippen LogP contribution < -0.4 is 4.90 Å². The van der Waals surface area contributed by atoms with Crippen molar-refractivity contribution in [1.29, 1.82) is 0 Å². The highest BCUT2D eigenvalue weighted by Crippen LogP contribution is 2.35. The molecule has 0 atom stereocenters. The number of benzene rings is 1. The van der Waals surface area contributed by atoms with Crippen LogP contribution >= 0.6 is 0 Å². The van der Waals surface area contributed by atoms with Crippen LogP contribution in [0.15, 0.2) is 12.1 Å². The van der Waals surface area contributed by atoms with Gasteiger partial charge in [-0.3, -0.25) is 0 Å². The first-order valence-electron chi connectivity index (χ1n) is 6.79. The summed E-state index contributed by atoms with van der Waals surface area (Å²) in [5.41, 5.74) is 0.446. The Hall–Kier alpha value is -1.19. The molecule has 4 heteroatoms. The number of hydrogen-bond donors (Lipinski definition) is 0. The van der Waals surface area contributed by atoms with Gasteiger partial charge in [0.15, 0.2) is 17.5 Å². The van der Waals surface area contributed by atoms with Crippen molar-refractivity contribution in [3.8, 4) is 0 Å². The zero-order valence-electron chi connectivity index (χ0n) is 11.6. The van der Waals surface area contributed by atoms with E-state index in [0.717, 1.165) is 31.5 Å². The molecule has 19 heavy (non-hydrogen) atoms. The van der Waals surface area contributed by atoms with Gasteiger partial charge in [-0.25, -0.2) is 13.2 Å². The Morgan fingerprint density at radius 3 is 2.11 bits per heavy atom. The summed E-state index contributed by atoms with van der Waals surface area (Å²) in [6.45, 7) is 7.01. The summed E-state index contributed by atoms with van der Waals surface area (Å²) in [7, 11) is 0. The summed E-state index contributed by atoms with van der Waals surface area (Å²) < 4.78 is 39.7.